The number of hydrogen-bond acceptors (Lipinski definition) is 3. The third-order valence-corrected chi connectivity index (χ3v) is 3.17. The van der Waals surface area contributed by atoms with Gasteiger partial charge < -0.3 is 10.2 Å². The molecule has 1 fully saturated rings. The minimum Gasteiger partial charge on any atom is -0.370 e. The van der Waals surface area contributed by atoms with Crippen LogP contribution in [-0.2, 0) is 0 Å². The predicted molar refractivity (Wildman–Crippen MR) is 73.7 cm³/mol. The molecule has 1 N–H and O–H groups in total. The molecule has 1 aromatic rings. The average Bonchev–Trinajstić information content (AvgIpc) is 3.15. The lowest BCUT2D eigenvalue weighted by atomic mass is 10.2. The first kappa shape index (κ1) is 12.2. The Morgan fingerprint density at radius 3 is 2.88 bits per heavy atom. The van der Waals surface area contributed by atoms with E-state index in [0.717, 1.165) is 18.4 Å². The van der Waals surface area contributed by atoms with Crippen molar-refractivity contribution >= 4 is 11.5 Å². The first-order chi connectivity index (χ1) is 8.35. The van der Waals surface area contributed by atoms with Gasteiger partial charge in [-0.3, -0.25) is 0 Å². The molecule has 0 bridgehead atoms. The first-order valence-corrected chi connectivity index (χ1v) is 6.81. The lowest BCUT2D eigenvalue weighted by Gasteiger charge is -2.24. The van der Waals surface area contributed by atoms with Gasteiger partial charge in [-0.2, -0.15) is 0 Å². The zero-order chi connectivity index (χ0) is 12.1. The molecule has 2 rings (SSSR count). The molecule has 0 spiro atoms. The Kier molecular flexibility index (Phi) is 4.24. The quantitative estimate of drug-likeness (QED) is 0.783. The smallest absolute Gasteiger partial charge is 0.127 e. The number of aromatic nitrogens is 1. The summed E-state index contributed by atoms with van der Waals surface area (Å²) in [6, 6.07) is 5.09. The topological polar surface area (TPSA) is 28.2 Å². The van der Waals surface area contributed by atoms with Crippen LogP contribution >= 0.6 is 0 Å². The molecular formula is C14H23N3. The maximum Gasteiger partial charge on any atom is 0.127 e. The number of anilines is 2. The minimum absolute atomic E-state index is 0.776. The van der Waals surface area contributed by atoms with E-state index in [-0.39, 0.29) is 0 Å². The highest BCUT2D eigenvalue weighted by atomic mass is 15.2. The Balaban J connectivity index is 2.08. The molecule has 0 unspecified atom stereocenters. The monoisotopic (exact) mass is 233 g/mol. The molecule has 3 nitrogen and oxygen atoms in total. The number of rotatable bonds is 7. The molecule has 1 aromatic heterocycles. The van der Waals surface area contributed by atoms with Crippen molar-refractivity contribution in [1.82, 2.24) is 4.98 Å². The van der Waals surface area contributed by atoms with Crippen LogP contribution in [0.2, 0.25) is 0 Å². The van der Waals surface area contributed by atoms with Gasteiger partial charge >= 0.3 is 0 Å². The van der Waals surface area contributed by atoms with E-state index in [9.17, 15) is 0 Å². The van der Waals surface area contributed by atoms with Crippen LogP contribution in [0.5, 0.6) is 0 Å². The Morgan fingerprint density at radius 2 is 2.24 bits per heavy atom. The third-order valence-electron chi connectivity index (χ3n) is 3.17. The van der Waals surface area contributed by atoms with Crippen molar-refractivity contribution in [2.24, 2.45) is 0 Å². The summed E-state index contributed by atoms with van der Waals surface area (Å²) >= 11 is 0. The average molecular weight is 233 g/mol. The first-order valence-electron chi connectivity index (χ1n) is 6.81. The largest absolute Gasteiger partial charge is 0.370 e. The molecule has 1 aliphatic rings. The van der Waals surface area contributed by atoms with Crippen molar-refractivity contribution in [1.29, 1.82) is 0 Å². The van der Waals surface area contributed by atoms with Crippen LogP contribution in [0.25, 0.3) is 0 Å². The second-order valence-electron chi connectivity index (χ2n) is 4.71. The van der Waals surface area contributed by atoms with Gasteiger partial charge in [-0.25, -0.2) is 4.98 Å². The number of pyridine rings is 1. The zero-order valence-corrected chi connectivity index (χ0v) is 10.9. The summed E-state index contributed by atoms with van der Waals surface area (Å²) in [4.78, 5) is 6.88. The van der Waals surface area contributed by atoms with Gasteiger partial charge in [0.1, 0.15) is 5.82 Å². The highest BCUT2D eigenvalue weighted by Crippen LogP contribution is 2.32. The fraction of sp³-hybridized carbons (Fsp3) is 0.643. The van der Waals surface area contributed by atoms with Gasteiger partial charge in [0.05, 0.1) is 0 Å². The van der Waals surface area contributed by atoms with Crippen molar-refractivity contribution in [3.8, 4) is 0 Å². The van der Waals surface area contributed by atoms with Gasteiger partial charge in [-0.15, -0.1) is 0 Å². The Hall–Kier alpha value is -1.25. The summed E-state index contributed by atoms with van der Waals surface area (Å²) in [6.07, 6.45) is 7.14. The van der Waals surface area contributed by atoms with Crippen LogP contribution in [-0.4, -0.2) is 24.1 Å². The molecule has 1 heterocycles. The lowest BCUT2D eigenvalue weighted by molar-refractivity contribution is 0.713. The zero-order valence-electron chi connectivity index (χ0n) is 10.9. The van der Waals surface area contributed by atoms with Gasteiger partial charge in [0, 0.05) is 37.1 Å². The van der Waals surface area contributed by atoms with Crippen LogP contribution < -0.4 is 10.2 Å². The molecule has 0 atom stereocenters. The second-order valence-corrected chi connectivity index (χ2v) is 4.71. The van der Waals surface area contributed by atoms with Gasteiger partial charge in [0.25, 0.3) is 0 Å². The summed E-state index contributed by atoms with van der Waals surface area (Å²) in [6.45, 7) is 6.46. The lowest BCUT2D eigenvalue weighted by Crippen LogP contribution is -2.26. The van der Waals surface area contributed by atoms with E-state index >= 15 is 0 Å². The van der Waals surface area contributed by atoms with Crippen molar-refractivity contribution < 1.29 is 0 Å². The third kappa shape index (κ3) is 3.35. The highest BCUT2D eigenvalue weighted by molar-refractivity contribution is 5.55. The van der Waals surface area contributed by atoms with E-state index in [1.165, 1.54) is 37.9 Å². The Labute approximate surface area is 104 Å². The molecule has 17 heavy (non-hydrogen) atoms. The minimum atomic E-state index is 0.776. The number of unbranched alkanes of at least 4 members (excludes halogenated alkanes) is 1. The maximum atomic E-state index is 4.33. The molecule has 0 aliphatic heterocycles. The molecule has 3 heteroatoms. The molecule has 94 valence electrons. The van der Waals surface area contributed by atoms with Crippen molar-refractivity contribution in [2.45, 2.75) is 45.6 Å². The molecule has 0 aromatic carbocycles. The van der Waals surface area contributed by atoms with Crippen molar-refractivity contribution in [3.05, 3.63) is 18.3 Å². The van der Waals surface area contributed by atoms with Gasteiger partial charge in [0.2, 0.25) is 0 Å². The van der Waals surface area contributed by atoms with Crippen LogP contribution in [0.1, 0.15) is 39.5 Å². The Morgan fingerprint density at radius 1 is 1.41 bits per heavy atom. The standard InChI is InChI=1S/C14H23N3/c1-3-5-10-17(12-6-7-12)13-8-9-16-14(11-13)15-4-2/h8-9,11-12H,3-7,10H2,1-2H3,(H,15,16). The summed E-state index contributed by atoms with van der Waals surface area (Å²) < 4.78 is 0. The highest BCUT2D eigenvalue weighted by Gasteiger charge is 2.28. The fourth-order valence-electron chi connectivity index (χ4n) is 2.11. The number of nitrogens with one attached hydrogen (secondary N) is 1. The molecule has 1 saturated carbocycles. The van der Waals surface area contributed by atoms with E-state index in [0.29, 0.717) is 0 Å². The van der Waals surface area contributed by atoms with Crippen LogP contribution in [0.15, 0.2) is 18.3 Å². The fourth-order valence-corrected chi connectivity index (χ4v) is 2.11. The Bertz CT molecular complexity index is 347. The van der Waals surface area contributed by atoms with Gasteiger partial charge in [-0.05, 0) is 32.3 Å². The summed E-state index contributed by atoms with van der Waals surface area (Å²) in [5.74, 6) is 0.993. The summed E-state index contributed by atoms with van der Waals surface area (Å²) in [7, 11) is 0. The maximum absolute atomic E-state index is 4.33. The van der Waals surface area contributed by atoms with E-state index < -0.39 is 0 Å². The van der Waals surface area contributed by atoms with E-state index in [1.54, 1.807) is 0 Å². The van der Waals surface area contributed by atoms with Crippen molar-refractivity contribution in [3.63, 3.8) is 0 Å². The summed E-state index contributed by atoms with van der Waals surface area (Å²) in [5.41, 5.74) is 1.33. The SMILES string of the molecule is CCCCN(c1ccnc(NCC)c1)C1CC1. The molecular weight excluding hydrogens is 210 g/mol. The normalized spacial score (nSPS) is 14.7. The molecule has 0 amide bonds. The van der Waals surface area contributed by atoms with E-state index in [2.05, 4.69) is 41.2 Å². The summed E-state index contributed by atoms with van der Waals surface area (Å²) in [5, 5.41) is 3.28. The van der Waals surface area contributed by atoms with E-state index in [4.69, 9.17) is 0 Å². The van der Waals surface area contributed by atoms with Crippen molar-refractivity contribution in [2.75, 3.05) is 23.3 Å². The van der Waals surface area contributed by atoms with Gasteiger partial charge in [-0.1, -0.05) is 13.3 Å². The van der Waals surface area contributed by atoms with Crippen LogP contribution in [0.3, 0.4) is 0 Å². The molecule has 0 saturated heterocycles. The van der Waals surface area contributed by atoms with Crippen LogP contribution in [0, 0.1) is 0 Å². The molecule has 1 aliphatic carbocycles. The molecule has 0 radical (unpaired) electrons. The van der Waals surface area contributed by atoms with Crippen LogP contribution in [0.4, 0.5) is 11.5 Å². The second kappa shape index (κ2) is 5.89. The number of nitrogens with zero attached hydrogens (tertiary/aromatic N) is 2. The predicted octanol–water partition coefficient (Wildman–Crippen LogP) is 3.28. The number of hydrogen-bond donors (Lipinski definition) is 1. The van der Waals surface area contributed by atoms with Gasteiger partial charge in [0.15, 0.2) is 0 Å². The van der Waals surface area contributed by atoms with E-state index in [1.807, 2.05) is 6.20 Å².